The van der Waals surface area contributed by atoms with Gasteiger partial charge in [0.15, 0.2) is 0 Å². The summed E-state index contributed by atoms with van der Waals surface area (Å²) in [5, 5.41) is 0. The Labute approximate surface area is 133 Å². The molecule has 0 aliphatic carbocycles. The Bertz CT molecular complexity index is 553. The fourth-order valence-electron chi connectivity index (χ4n) is 2.40. The normalized spacial score (nSPS) is 13.4. The molecule has 0 aliphatic heterocycles. The molecule has 3 nitrogen and oxygen atoms in total. The van der Waals surface area contributed by atoms with Crippen molar-refractivity contribution in [3.63, 3.8) is 0 Å². The van der Waals surface area contributed by atoms with Crippen LogP contribution in [0.15, 0.2) is 54.6 Å². The Balaban J connectivity index is 1.91. The molecule has 2 rings (SSSR count). The lowest BCUT2D eigenvalue weighted by atomic mass is 9.80. The van der Waals surface area contributed by atoms with Crippen molar-refractivity contribution in [1.82, 2.24) is 0 Å². The third kappa shape index (κ3) is 4.25. The molecule has 0 heterocycles. The van der Waals surface area contributed by atoms with Gasteiger partial charge in [0.1, 0.15) is 11.5 Å². The number of ether oxygens (including phenoxy) is 2. The quantitative estimate of drug-likeness (QED) is 0.807. The van der Waals surface area contributed by atoms with E-state index in [2.05, 4.69) is 31.2 Å². The Kier molecular flexibility index (Phi) is 5.84. The van der Waals surface area contributed by atoms with Crippen molar-refractivity contribution in [3.8, 4) is 11.5 Å². The van der Waals surface area contributed by atoms with E-state index in [0.29, 0.717) is 19.8 Å². The largest absolute Gasteiger partial charge is 0.494 e. The molecule has 0 spiro atoms. The van der Waals surface area contributed by atoms with Gasteiger partial charge in [-0.2, -0.15) is 0 Å². The predicted octanol–water partition coefficient (Wildman–Crippen LogP) is 3.77. The maximum Gasteiger partial charge on any atom is 0.119 e. The van der Waals surface area contributed by atoms with E-state index in [9.17, 15) is 0 Å². The average Bonchev–Trinajstić information content (AvgIpc) is 2.57. The van der Waals surface area contributed by atoms with E-state index >= 15 is 0 Å². The van der Waals surface area contributed by atoms with Gasteiger partial charge in [0.25, 0.3) is 0 Å². The van der Waals surface area contributed by atoms with Crippen LogP contribution in [0.5, 0.6) is 11.5 Å². The molecule has 3 heteroatoms. The fraction of sp³-hybridized carbons (Fsp3) is 0.368. The van der Waals surface area contributed by atoms with Gasteiger partial charge in [-0.1, -0.05) is 37.3 Å². The highest BCUT2D eigenvalue weighted by atomic mass is 16.5. The summed E-state index contributed by atoms with van der Waals surface area (Å²) in [4.78, 5) is 0. The minimum atomic E-state index is -0.0630. The van der Waals surface area contributed by atoms with Crippen molar-refractivity contribution in [3.05, 3.63) is 60.2 Å². The van der Waals surface area contributed by atoms with Crippen molar-refractivity contribution in [2.45, 2.75) is 25.7 Å². The second kappa shape index (κ2) is 7.85. The molecule has 0 radical (unpaired) electrons. The van der Waals surface area contributed by atoms with Gasteiger partial charge in [-0.15, -0.1) is 0 Å². The molecular weight excluding hydrogens is 274 g/mol. The van der Waals surface area contributed by atoms with Crippen molar-refractivity contribution in [2.75, 3.05) is 19.8 Å². The Morgan fingerprint density at radius 1 is 0.909 bits per heavy atom. The lowest BCUT2D eigenvalue weighted by Crippen LogP contribution is -2.33. The molecule has 22 heavy (non-hydrogen) atoms. The summed E-state index contributed by atoms with van der Waals surface area (Å²) < 4.78 is 11.3. The van der Waals surface area contributed by atoms with Gasteiger partial charge >= 0.3 is 0 Å². The van der Waals surface area contributed by atoms with Crippen LogP contribution < -0.4 is 15.2 Å². The molecular formula is C19H25NO2. The second-order valence-electron chi connectivity index (χ2n) is 5.63. The van der Waals surface area contributed by atoms with Crippen LogP contribution in [-0.2, 0) is 5.41 Å². The van der Waals surface area contributed by atoms with Gasteiger partial charge in [0, 0.05) is 12.0 Å². The number of hydrogen-bond acceptors (Lipinski definition) is 3. The molecule has 0 amide bonds. The van der Waals surface area contributed by atoms with Crippen molar-refractivity contribution in [2.24, 2.45) is 5.73 Å². The third-order valence-corrected chi connectivity index (χ3v) is 3.98. The minimum absolute atomic E-state index is 0.0630. The zero-order valence-electron chi connectivity index (χ0n) is 13.4. The third-order valence-electron chi connectivity index (χ3n) is 3.98. The molecule has 0 bridgehead atoms. The molecule has 1 atom stereocenters. The molecule has 0 saturated heterocycles. The predicted molar refractivity (Wildman–Crippen MR) is 90.6 cm³/mol. The Morgan fingerprint density at radius 2 is 1.50 bits per heavy atom. The first-order chi connectivity index (χ1) is 10.7. The lowest BCUT2D eigenvalue weighted by Gasteiger charge is -2.28. The summed E-state index contributed by atoms with van der Waals surface area (Å²) in [7, 11) is 0. The van der Waals surface area contributed by atoms with Gasteiger partial charge in [-0.25, -0.2) is 0 Å². The lowest BCUT2D eigenvalue weighted by molar-refractivity contribution is 0.266. The number of benzene rings is 2. The van der Waals surface area contributed by atoms with E-state index in [4.69, 9.17) is 15.2 Å². The number of rotatable bonds is 8. The number of nitrogens with two attached hydrogens (primary N) is 1. The van der Waals surface area contributed by atoms with Crippen molar-refractivity contribution < 1.29 is 9.47 Å². The SMILES string of the molecule is CCOc1ccc(OCCC(C)(CN)c2ccccc2)cc1. The summed E-state index contributed by atoms with van der Waals surface area (Å²) in [6.07, 6.45) is 0.876. The Morgan fingerprint density at radius 3 is 2.05 bits per heavy atom. The smallest absolute Gasteiger partial charge is 0.119 e. The molecule has 0 saturated carbocycles. The van der Waals surface area contributed by atoms with E-state index < -0.39 is 0 Å². The van der Waals surface area contributed by atoms with E-state index in [1.807, 2.05) is 37.3 Å². The van der Waals surface area contributed by atoms with Gasteiger partial charge in [-0.3, -0.25) is 0 Å². The molecule has 118 valence electrons. The van der Waals surface area contributed by atoms with E-state index in [1.165, 1.54) is 5.56 Å². The zero-order chi connectivity index (χ0) is 15.8. The van der Waals surface area contributed by atoms with Crippen molar-refractivity contribution >= 4 is 0 Å². The zero-order valence-corrected chi connectivity index (χ0v) is 13.4. The highest BCUT2D eigenvalue weighted by Gasteiger charge is 2.24. The first-order valence-corrected chi connectivity index (χ1v) is 7.79. The standard InChI is InChI=1S/C19H25NO2/c1-3-21-17-9-11-18(12-10-17)22-14-13-19(2,15-20)16-7-5-4-6-8-16/h4-12H,3,13-15,20H2,1-2H3. The average molecular weight is 299 g/mol. The maximum absolute atomic E-state index is 6.00. The topological polar surface area (TPSA) is 44.5 Å². The van der Waals surface area contributed by atoms with E-state index in [1.54, 1.807) is 0 Å². The molecule has 0 aromatic heterocycles. The van der Waals surface area contributed by atoms with Crippen LogP contribution in [-0.4, -0.2) is 19.8 Å². The highest BCUT2D eigenvalue weighted by Crippen LogP contribution is 2.27. The molecule has 2 N–H and O–H groups in total. The summed E-state index contributed by atoms with van der Waals surface area (Å²) in [6.45, 7) is 6.07. The monoisotopic (exact) mass is 299 g/mol. The van der Waals surface area contributed by atoms with Crippen LogP contribution in [0, 0.1) is 0 Å². The molecule has 2 aromatic rings. The van der Waals surface area contributed by atoms with Crippen LogP contribution in [0.1, 0.15) is 25.8 Å². The minimum Gasteiger partial charge on any atom is -0.494 e. The molecule has 0 aliphatic rings. The summed E-state index contributed by atoms with van der Waals surface area (Å²) >= 11 is 0. The highest BCUT2D eigenvalue weighted by molar-refractivity contribution is 5.31. The maximum atomic E-state index is 6.00. The van der Waals surface area contributed by atoms with E-state index in [0.717, 1.165) is 17.9 Å². The van der Waals surface area contributed by atoms with Gasteiger partial charge in [-0.05, 0) is 43.2 Å². The van der Waals surface area contributed by atoms with Crippen LogP contribution >= 0.6 is 0 Å². The van der Waals surface area contributed by atoms with Gasteiger partial charge < -0.3 is 15.2 Å². The van der Waals surface area contributed by atoms with Crippen LogP contribution in [0.25, 0.3) is 0 Å². The van der Waals surface area contributed by atoms with Crippen LogP contribution in [0.3, 0.4) is 0 Å². The van der Waals surface area contributed by atoms with Gasteiger partial charge in [0.2, 0.25) is 0 Å². The molecule has 0 fully saturated rings. The van der Waals surface area contributed by atoms with Crippen LogP contribution in [0.4, 0.5) is 0 Å². The Hall–Kier alpha value is -2.00. The van der Waals surface area contributed by atoms with Crippen molar-refractivity contribution in [1.29, 1.82) is 0 Å². The van der Waals surface area contributed by atoms with E-state index in [-0.39, 0.29) is 5.41 Å². The van der Waals surface area contributed by atoms with Gasteiger partial charge in [0.05, 0.1) is 13.2 Å². The molecule has 1 unspecified atom stereocenters. The second-order valence-corrected chi connectivity index (χ2v) is 5.63. The first kappa shape index (κ1) is 16.4. The first-order valence-electron chi connectivity index (χ1n) is 7.79. The molecule has 2 aromatic carbocycles. The fourth-order valence-corrected chi connectivity index (χ4v) is 2.40. The van der Waals surface area contributed by atoms with Crippen LogP contribution in [0.2, 0.25) is 0 Å². The summed E-state index contributed by atoms with van der Waals surface area (Å²) in [6, 6.07) is 18.1. The summed E-state index contributed by atoms with van der Waals surface area (Å²) in [5.41, 5.74) is 7.19. The summed E-state index contributed by atoms with van der Waals surface area (Å²) in [5.74, 6) is 1.72. The number of hydrogen-bond donors (Lipinski definition) is 1.